The van der Waals surface area contributed by atoms with Crippen molar-refractivity contribution < 1.29 is 52.8 Å². The highest BCUT2D eigenvalue weighted by molar-refractivity contribution is 6.04. The molecule has 17 heteroatoms. The van der Waals surface area contributed by atoms with E-state index in [0.717, 1.165) is 47.6 Å². The van der Waals surface area contributed by atoms with Gasteiger partial charge < -0.3 is 56.7 Å². The number of benzene rings is 6. The number of nitrogens with two attached hydrogens (primary N) is 3. The van der Waals surface area contributed by atoms with Crippen molar-refractivity contribution in [1.29, 1.82) is 0 Å². The maximum atomic E-state index is 14.1. The molecule has 6 aromatic carbocycles. The third-order valence-corrected chi connectivity index (χ3v) is 13.4. The number of aliphatic hydroxyl groups is 2. The van der Waals surface area contributed by atoms with Gasteiger partial charge in [-0.15, -0.1) is 0 Å². The monoisotopic (exact) mass is 1090 g/mol. The number of aromatic hydroxyl groups is 1. The van der Waals surface area contributed by atoms with Crippen LogP contribution >= 0.6 is 0 Å². The lowest BCUT2D eigenvalue weighted by Crippen LogP contribution is -2.46. The van der Waals surface area contributed by atoms with Gasteiger partial charge in [0, 0.05) is 74.1 Å². The molecule has 9 N–H and O–H groups in total. The Morgan fingerprint density at radius 3 is 1.62 bits per heavy atom. The summed E-state index contributed by atoms with van der Waals surface area (Å²) in [6.07, 6.45) is 0.622. The lowest BCUT2D eigenvalue weighted by molar-refractivity contribution is -0.132. The normalized spacial score (nSPS) is 12.5. The second kappa shape index (κ2) is 30.4. The van der Waals surface area contributed by atoms with Crippen LogP contribution in [0.5, 0.6) is 17.2 Å². The van der Waals surface area contributed by atoms with Crippen LogP contribution in [0.1, 0.15) is 104 Å². The predicted octanol–water partition coefficient (Wildman–Crippen LogP) is 7.68. The quantitative estimate of drug-likeness (QED) is 0.0308. The van der Waals surface area contributed by atoms with E-state index >= 15 is 0 Å². The Bertz CT molecular complexity index is 2950. The number of phenols is 1. The predicted molar refractivity (Wildman–Crippen MR) is 302 cm³/mol. The number of aryl methyl sites for hydroxylation is 2. The van der Waals surface area contributed by atoms with E-state index < -0.39 is 47.7 Å². The Morgan fingerprint density at radius 2 is 1.06 bits per heavy atom. The molecule has 422 valence electrons. The molecule has 79 heavy (non-hydrogen) atoms. The number of hydrogen-bond donors (Lipinski definition) is 6. The highest BCUT2D eigenvalue weighted by atomic mass is 19.1. The summed E-state index contributed by atoms with van der Waals surface area (Å²) in [4.78, 5) is 57.8. The van der Waals surface area contributed by atoms with Crippen LogP contribution in [0.15, 0.2) is 127 Å². The number of amides is 4. The molecule has 0 aliphatic heterocycles. The van der Waals surface area contributed by atoms with Crippen LogP contribution in [0.4, 0.5) is 8.78 Å². The third-order valence-electron chi connectivity index (χ3n) is 13.4. The van der Waals surface area contributed by atoms with Crippen LogP contribution in [0.25, 0.3) is 0 Å². The van der Waals surface area contributed by atoms with E-state index in [9.17, 15) is 43.3 Å². The minimum atomic E-state index is -1.12. The number of primary amides is 1. The van der Waals surface area contributed by atoms with Crippen molar-refractivity contribution in [3.8, 4) is 17.2 Å². The first kappa shape index (κ1) is 62.1. The number of carbonyl (C=O) groups is 4. The van der Waals surface area contributed by atoms with Gasteiger partial charge in [0.15, 0.2) is 0 Å². The molecule has 0 bridgehead atoms. The number of nitrogens with zero attached hydrogens (tertiary/aromatic N) is 3. The van der Waals surface area contributed by atoms with Gasteiger partial charge in [-0.25, -0.2) is 8.78 Å². The molecule has 0 aliphatic carbocycles. The summed E-state index contributed by atoms with van der Waals surface area (Å²) in [6, 6.07) is 33.5. The molecule has 6 aromatic rings. The third kappa shape index (κ3) is 19.0. The van der Waals surface area contributed by atoms with Crippen LogP contribution in [0.2, 0.25) is 0 Å². The summed E-state index contributed by atoms with van der Waals surface area (Å²) in [5.74, 6) is -1.76. The van der Waals surface area contributed by atoms with Crippen molar-refractivity contribution in [3.63, 3.8) is 0 Å². The molecule has 6 rings (SSSR count). The lowest BCUT2D eigenvalue weighted by atomic mass is 10.00. The Morgan fingerprint density at radius 1 is 0.557 bits per heavy atom. The van der Waals surface area contributed by atoms with Gasteiger partial charge in [0.05, 0.1) is 32.8 Å². The largest absolute Gasteiger partial charge is 0.508 e. The highest BCUT2D eigenvalue weighted by Crippen LogP contribution is 2.23. The van der Waals surface area contributed by atoms with E-state index in [0.29, 0.717) is 47.7 Å². The van der Waals surface area contributed by atoms with Gasteiger partial charge in [-0.1, -0.05) is 81.4 Å². The number of halogens is 2. The molecule has 4 atom stereocenters. The molecule has 0 aromatic heterocycles. The SMILES string of the molecule is CCCN(CCC)C(=O)c1cc(C(N)=O)cc(C(=O)N(Cc2cccc(OC)c2)C[C@@H](O)[C@@H](N)Cc2ccc(OC)cc2)c1.CCc1cccc(CN(C[C@@H](O)[C@@H](N)Cc2cc(F)cc(F)c2)C(=O)Cc2ccc(C)c(O)c2)c1. The fourth-order valence-corrected chi connectivity index (χ4v) is 8.95. The molecule has 0 saturated carbocycles. The summed E-state index contributed by atoms with van der Waals surface area (Å²) in [7, 11) is 3.14. The number of phenolic OH excluding ortho intramolecular Hbond substituents is 1. The summed E-state index contributed by atoms with van der Waals surface area (Å²) < 4.78 is 37.7. The molecule has 0 unspecified atom stereocenters. The van der Waals surface area contributed by atoms with Gasteiger partial charge in [-0.2, -0.15) is 0 Å². The summed E-state index contributed by atoms with van der Waals surface area (Å²) in [5, 5.41) is 32.0. The minimum Gasteiger partial charge on any atom is -0.508 e. The van der Waals surface area contributed by atoms with Crippen LogP contribution in [0.3, 0.4) is 0 Å². The van der Waals surface area contributed by atoms with Gasteiger partial charge in [-0.3, -0.25) is 19.2 Å². The Labute approximate surface area is 462 Å². The zero-order chi connectivity index (χ0) is 57.8. The van der Waals surface area contributed by atoms with Crippen molar-refractivity contribution >= 4 is 23.6 Å². The average Bonchev–Trinajstić information content (AvgIpc) is 3.43. The molecule has 0 heterocycles. The first-order valence-electron chi connectivity index (χ1n) is 26.5. The fraction of sp³-hybridized carbons (Fsp3) is 0.355. The maximum absolute atomic E-state index is 14.1. The topological polar surface area (TPSA) is 235 Å². The van der Waals surface area contributed by atoms with Crippen LogP contribution < -0.4 is 26.7 Å². The number of methoxy groups -OCH3 is 2. The minimum absolute atomic E-state index is 0.0401. The highest BCUT2D eigenvalue weighted by Gasteiger charge is 2.27. The standard InChI is InChI=1S/C34H44N4O6.C28H32F2N2O3/c1-5-14-37(15-6-2)33(41)26-18-25(32(36)40)19-27(20-26)34(42)38(21-24-8-7-9-29(16-24)44-4)22-31(39)30(35)17-23-10-12-28(43-3)13-11-23;1-3-19-5-4-6-21(9-19)16-32(28(35)14-20-8-7-18(2)26(33)13-20)17-27(34)25(31)12-22-10-23(29)15-24(30)11-22/h7-13,16,18-20,30-31,39H,5-6,14-15,17,21-22,35H2,1-4H3,(H2,36,40);4-11,13,15,25,27,33-34H,3,12,14,16-17,31H2,1-2H3/t30-,31+;25-,27+/m00/s1. The molecule has 0 aliphatic rings. The second-order valence-electron chi connectivity index (χ2n) is 19.7. The number of ether oxygens (including phenoxy) is 2. The van der Waals surface area contributed by atoms with E-state index in [4.69, 9.17) is 26.7 Å². The second-order valence-corrected chi connectivity index (χ2v) is 19.7. The number of rotatable bonds is 26. The van der Waals surface area contributed by atoms with Crippen LogP contribution in [-0.2, 0) is 43.6 Å². The van der Waals surface area contributed by atoms with Crippen molar-refractivity contribution in [2.24, 2.45) is 17.2 Å². The van der Waals surface area contributed by atoms with Gasteiger partial charge in [0.25, 0.3) is 11.8 Å². The fourth-order valence-electron chi connectivity index (χ4n) is 8.95. The molecule has 0 saturated heterocycles. The van der Waals surface area contributed by atoms with Crippen molar-refractivity contribution in [3.05, 3.63) is 195 Å². The van der Waals surface area contributed by atoms with Gasteiger partial charge >= 0.3 is 0 Å². The maximum Gasteiger partial charge on any atom is 0.254 e. The van der Waals surface area contributed by atoms with E-state index in [1.165, 1.54) is 40.1 Å². The van der Waals surface area contributed by atoms with E-state index in [2.05, 4.69) is 0 Å². The van der Waals surface area contributed by atoms with Crippen LogP contribution in [-0.4, -0.2) is 118 Å². The first-order valence-corrected chi connectivity index (χ1v) is 26.5. The number of hydrogen-bond acceptors (Lipinski definition) is 11. The molecule has 0 spiro atoms. The van der Waals surface area contributed by atoms with Crippen molar-refractivity contribution in [1.82, 2.24) is 14.7 Å². The molecular weight excluding hydrogens is 1010 g/mol. The van der Waals surface area contributed by atoms with E-state index in [1.807, 2.05) is 81.4 Å². The average molecular weight is 1090 g/mol. The Balaban J connectivity index is 0.000000298. The Kier molecular flexibility index (Phi) is 24.0. The zero-order valence-electron chi connectivity index (χ0n) is 46.0. The number of aliphatic hydroxyl groups excluding tert-OH is 2. The van der Waals surface area contributed by atoms with Gasteiger partial charge in [-0.05, 0) is 139 Å². The van der Waals surface area contributed by atoms with Crippen LogP contribution in [0, 0.1) is 18.6 Å². The zero-order valence-corrected chi connectivity index (χ0v) is 46.0. The molecule has 15 nitrogen and oxygen atoms in total. The molecule has 0 fully saturated rings. The number of carbonyl (C=O) groups excluding carboxylic acids is 4. The lowest BCUT2D eigenvalue weighted by Gasteiger charge is -2.29. The summed E-state index contributed by atoms with van der Waals surface area (Å²) >= 11 is 0. The smallest absolute Gasteiger partial charge is 0.254 e. The summed E-state index contributed by atoms with van der Waals surface area (Å²) in [5.41, 5.74) is 24.0. The van der Waals surface area contributed by atoms with E-state index in [1.54, 1.807) is 56.4 Å². The van der Waals surface area contributed by atoms with Gasteiger partial charge in [0.2, 0.25) is 11.8 Å². The molecule has 0 radical (unpaired) electrons. The van der Waals surface area contributed by atoms with E-state index in [-0.39, 0.29) is 73.3 Å². The Hall–Kier alpha value is -7.70. The molecular formula is C62H76F2N6O9. The first-order chi connectivity index (χ1) is 37.7. The molecule has 4 amide bonds. The summed E-state index contributed by atoms with van der Waals surface area (Å²) in [6.45, 7) is 9.08. The van der Waals surface area contributed by atoms with Gasteiger partial charge in [0.1, 0.15) is 28.9 Å². The van der Waals surface area contributed by atoms with Crippen molar-refractivity contribution in [2.75, 3.05) is 40.4 Å². The van der Waals surface area contributed by atoms with Crippen molar-refractivity contribution in [2.45, 2.75) is 104 Å².